The molecule has 0 saturated carbocycles. The fourth-order valence-corrected chi connectivity index (χ4v) is 4.61. The minimum absolute atomic E-state index is 0.0204. The molecule has 0 amide bonds. The van der Waals surface area contributed by atoms with Gasteiger partial charge in [-0.1, -0.05) is 60.7 Å². The lowest BCUT2D eigenvalue weighted by Crippen LogP contribution is -2.01. The molecule has 2 N–H and O–H groups in total. The Balaban J connectivity index is 1.72. The molecule has 0 bridgehead atoms. The molecule has 0 fully saturated rings. The van der Waals surface area contributed by atoms with Crippen LogP contribution in [-0.2, 0) is 0 Å². The summed E-state index contributed by atoms with van der Waals surface area (Å²) >= 11 is 0. The summed E-state index contributed by atoms with van der Waals surface area (Å²) in [6.07, 6.45) is 0. The summed E-state index contributed by atoms with van der Waals surface area (Å²) in [5.74, 6) is 0.869. The van der Waals surface area contributed by atoms with E-state index in [-0.39, 0.29) is 22.9 Å². The topological polar surface area (TPSA) is 138 Å². The van der Waals surface area contributed by atoms with Gasteiger partial charge in [0.25, 0.3) is 0 Å². The Hall–Kier alpha value is -6.22. The molecule has 2 heterocycles. The molecule has 2 aliphatic rings. The minimum Gasteiger partial charge on any atom is -0.436 e. The van der Waals surface area contributed by atoms with Crippen molar-refractivity contribution in [1.29, 1.82) is 21.0 Å². The summed E-state index contributed by atoms with van der Waals surface area (Å²) < 4.78 is 12.2. The van der Waals surface area contributed by atoms with E-state index in [1.165, 1.54) is 0 Å². The summed E-state index contributed by atoms with van der Waals surface area (Å²) in [5, 5.41) is 45.5. The maximum Gasteiger partial charge on any atom is 0.226 e. The second-order valence-electron chi connectivity index (χ2n) is 8.40. The number of nitrogens with one attached hydrogen (secondary N) is 2. The van der Waals surface area contributed by atoms with Gasteiger partial charge in [0, 0.05) is 11.1 Å². The molecular weight excluding hydrogens is 476 g/mol. The quantitative estimate of drug-likeness (QED) is 0.312. The van der Waals surface area contributed by atoms with E-state index in [0.717, 1.165) is 27.6 Å². The van der Waals surface area contributed by atoms with Crippen LogP contribution in [-0.4, -0.2) is 0 Å². The van der Waals surface area contributed by atoms with Gasteiger partial charge in [-0.2, -0.15) is 21.0 Å². The molecule has 38 heavy (non-hydrogen) atoms. The smallest absolute Gasteiger partial charge is 0.226 e. The number of hydrogen-bond donors (Lipinski definition) is 2. The fraction of sp³-hybridized carbons (Fsp3) is 0. The summed E-state index contributed by atoms with van der Waals surface area (Å²) in [5.41, 5.74) is 4.02. The molecule has 8 heteroatoms. The summed E-state index contributed by atoms with van der Waals surface area (Å²) in [6, 6.07) is 30.7. The highest BCUT2D eigenvalue weighted by Crippen LogP contribution is 2.55. The Morgan fingerprint density at radius 1 is 0.579 bits per heavy atom. The van der Waals surface area contributed by atoms with Crippen LogP contribution >= 0.6 is 0 Å². The lowest BCUT2D eigenvalue weighted by molar-refractivity contribution is 0.455. The summed E-state index contributed by atoms with van der Waals surface area (Å²) in [6.45, 7) is 0. The molecule has 4 aromatic carbocycles. The number of rotatable bonds is 2. The normalized spacial score (nSPS) is 12.3. The zero-order valence-corrected chi connectivity index (χ0v) is 19.5. The fourth-order valence-electron chi connectivity index (χ4n) is 4.61. The second kappa shape index (κ2) is 8.77. The van der Waals surface area contributed by atoms with Gasteiger partial charge in [-0.05, 0) is 28.6 Å². The van der Waals surface area contributed by atoms with Gasteiger partial charge >= 0.3 is 0 Å². The van der Waals surface area contributed by atoms with Crippen LogP contribution < -0.4 is 20.1 Å². The average Bonchev–Trinajstić information content (AvgIpc) is 3.60. The lowest BCUT2D eigenvalue weighted by Gasteiger charge is -2.15. The van der Waals surface area contributed by atoms with Crippen LogP contribution in [0.1, 0.15) is 0 Å². The van der Waals surface area contributed by atoms with Gasteiger partial charge in [0.15, 0.2) is 22.6 Å². The maximum atomic E-state index is 9.48. The number of anilines is 2. The molecule has 176 valence electrons. The number of nitriles is 4. The van der Waals surface area contributed by atoms with Crippen molar-refractivity contribution in [2.75, 3.05) is 10.6 Å². The van der Waals surface area contributed by atoms with Crippen molar-refractivity contribution in [3.05, 3.63) is 95.7 Å². The van der Waals surface area contributed by atoms with Crippen LogP contribution in [0, 0.1) is 45.3 Å². The second-order valence-corrected chi connectivity index (χ2v) is 8.40. The molecule has 0 aromatic heterocycles. The van der Waals surface area contributed by atoms with Gasteiger partial charge in [-0.25, -0.2) is 0 Å². The Morgan fingerprint density at radius 3 is 1.61 bits per heavy atom. The molecule has 0 unspecified atom stereocenters. The van der Waals surface area contributed by atoms with Gasteiger partial charge < -0.3 is 20.1 Å². The Bertz CT molecular complexity index is 1730. The van der Waals surface area contributed by atoms with Gasteiger partial charge in [-0.15, -0.1) is 0 Å². The highest BCUT2D eigenvalue weighted by atomic mass is 16.5. The first-order chi connectivity index (χ1) is 18.7. The van der Waals surface area contributed by atoms with Crippen molar-refractivity contribution in [3.8, 4) is 58.0 Å². The van der Waals surface area contributed by atoms with Crippen molar-refractivity contribution < 1.29 is 9.47 Å². The highest BCUT2D eigenvalue weighted by molar-refractivity contribution is 6.13. The van der Waals surface area contributed by atoms with Crippen molar-refractivity contribution in [1.82, 2.24) is 0 Å². The predicted octanol–water partition coefficient (Wildman–Crippen LogP) is 6.30. The van der Waals surface area contributed by atoms with E-state index in [4.69, 9.17) is 9.47 Å². The number of ether oxygens (including phenoxy) is 2. The minimum atomic E-state index is -0.207. The van der Waals surface area contributed by atoms with Gasteiger partial charge in [0.1, 0.15) is 24.3 Å². The molecule has 0 spiro atoms. The SMILES string of the molecule is N#CC(C#N)=C1Nc2c(c(-c3ccccc3)cc3cc(-c4ccccc4)c4c(c23)OC(=C(C#N)C#N)N4)O1. The van der Waals surface area contributed by atoms with Gasteiger partial charge in [0.2, 0.25) is 11.8 Å². The molecular formula is C30H14N6O2. The largest absolute Gasteiger partial charge is 0.436 e. The molecule has 6 rings (SSSR count). The number of allylic oxidation sites excluding steroid dienone is 2. The van der Waals surface area contributed by atoms with E-state index in [1.807, 2.05) is 97.1 Å². The zero-order chi connectivity index (χ0) is 26.2. The Kier molecular flexibility index (Phi) is 5.14. The lowest BCUT2D eigenvalue weighted by atomic mass is 9.93. The standard InChI is InChI=1S/C30H14N6O2/c31-13-20(14-32)29-35-25-22(17-7-3-1-4-8-17)11-19-12-23(18-9-5-2-6-10-18)27-26(24(19)28(25)38-29)36-30(37-27)21(15-33)16-34/h1-12,35-36H. The first-order valence-electron chi connectivity index (χ1n) is 11.4. The van der Waals surface area contributed by atoms with Crippen molar-refractivity contribution in [2.45, 2.75) is 0 Å². The van der Waals surface area contributed by atoms with E-state index in [9.17, 15) is 21.0 Å². The van der Waals surface area contributed by atoms with Crippen LogP contribution in [0.5, 0.6) is 11.5 Å². The first-order valence-corrected chi connectivity index (χ1v) is 11.4. The van der Waals surface area contributed by atoms with Crippen LogP contribution in [0.2, 0.25) is 0 Å². The van der Waals surface area contributed by atoms with E-state index in [0.29, 0.717) is 28.3 Å². The number of nitrogens with zero attached hydrogens (tertiary/aromatic N) is 4. The number of hydrogen-bond acceptors (Lipinski definition) is 8. The molecule has 0 saturated heterocycles. The molecule has 0 aliphatic carbocycles. The van der Waals surface area contributed by atoms with E-state index >= 15 is 0 Å². The van der Waals surface area contributed by atoms with Crippen LogP contribution in [0.15, 0.2) is 95.7 Å². The third kappa shape index (κ3) is 3.35. The monoisotopic (exact) mass is 490 g/mol. The third-order valence-electron chi connectivity index (χ3n) is 6.29. The van der Waals surface area contributed by atoms with E-state index < -0.39 is 0 Å². The molecule has 0 atom stereocenters. The summed E-state index contributed by atoms with van der Waals surface area (Å²) in [7, 11) is 0. The Labute approximate surface area is 217 Å². The van der Waals surface area contributed by atoms with Gasteiger partial charge in [0.05, 0.1) is 16.8 Å². The van der Waals surface area contributed by atoms with Crippen LogP contribution in [0.3, 0.4) is 0 Å². The summed E-state index contributed by atoms with van der Waals surface area (Å²) in [4.78, 5) is 0. The van der Waals surface area contributed by atoms with E-state index in [2.05, 4.69) is 10.6 Å². The van der Waals surface area contributed by atoms with Crippen LogP contribution in [0.4, 0.5) is 11.4 Å². The average molecular weight is 490 g/mol. The Morgan fingerprint density at radius 2 is 1.05 bits per heavy atom. The van der Waals surface area contributed by atoms with Crippen molar-refractivity contribution in [3.63, 3.8) is 0 Å². The molecule has 0 radical (unpaired) electrons. The van der Waals surface area contributed by atoms with Gasteiger partial charge in [-0.3, -0.25) is 0 Å². The first kappa shape index (κ1) is 22.3. The van der Waals surface area contributed by atoms with Crippen LogP contribution in [0.25, 0.3) is 33.0 Å². The van der Waals surface area contributed by atoms with E-state index in [1.54, 1.807) is 0 Å². The molecule has 8 nitrogen and oxygen atoms in total. The predicted molar refractivity (Wildman–Crippen MR) is 140 cm³/mol. The van der Waals surface area contributed by atoms with Crippen molar-refractivity contribution in [2.24, 2.45) is 0 Å². The number of benzene rings is 4. The zero-order valence-electron chi connectivity index (χ0n) is 19.5. The number of fused-ring (bicyclic) bond motifs is 5. The van der Waals surface area contributed by atoms with Crippen molar-refractivity contribution >= 4 is 22.1 Å². The third-order valence-corrected chi connectivity index (χ3v) is 6.29. The highest BCUT2D eigenvalue weighted by Gasteiger charge is 2.33. The molecule has 4 aromatic rings. The maximum absolute atomic E-state index is 9.48. The molecule has 2 aliphatic heterocycles.